The van der Waals surface area contributed by atoms with Crippen LogP contribution in [0, 0.1) is 5.92 Å². The number of carboxylic acids is 1. The molecule has 158 valence electrons. The lowest BCUT2D eigenvalue weighted by atomic mass is 9.78. The van der Waals surface area contributed by atoms with Crippen molar-refractivity contribution in [2.75, 3.05) is 11.4 Å². The zero-order valence-corrected chi connectivity index (χ0v) is 17.6. The molecule has 0 aliphatic carbocycles. The molecule has 31 heavy (non-hydrogen) atoms. The Kier molecular flexibility index (Phi) is 5.51. The van der Waals surface area contributed by atoms with Crippen LogP contribution in [0.4, 0.5) is 5.69 Å². The number of nitrogens with zero attached hydrogens (tertiary/aromatic N) is 1. The Bertz CT molecular complexity index is 1070. The summed E-state index contributed by atoms with van der Waals surface area (Å²) in [4.78, 5) is 24.6. The Hall–Kier alpha value is -3.60. The molecule has 3 aromatic carbocycles. The van der Waals surface area contributed by atoms with Crippen LogP contribution in [0.15, 0.2) is 78.9 Å². The largest absolute Gasteiger partial charge is 0.550 e. The molecule has 1 aliphatic heterocycles. The molecular formula is C26H24NO4-. The molecule has 1 heterocycles. The molecule has 0 aromatic heterocycles. The maximum atomic E-state index is 12.1. The first kappa shape index (κ1) is 20.7. The summed E-state index contributed by atoms with van der Waals surface area (Å²) in [7, 11) is 0. The van der Waals surface area contributed by atoms with Gasteiger partial charge in [0.1, 0.15) is 11.5 Å². The maximum absolute atomic E-state index is 12.1. The van der Waals surface area contributed by atoms with Crippen molar-refractivity contribution in [2.45, 2.75) is 25.7 Å². The molecule has 1 saturated heterocycles. The van der Waals surface area contributed by atoms with Gasteiger partial charge >= 0.3 is 0 Å². The molecule has 1 amide bonds. The van der Waals surface area contributed by atoms with Gasteiger partial charge in [-0.3, -0.25) is 4.79 Å². The van der Waals surface area contributed by atoms with E-state index in [2.05, 4.69) is 38.1 Å². The molecule has 1 atom stereocenters. The first-order valence-electron chi connectivity index (χ1n) is 10.3. The number of hydrogen-bond acceptors (Lipinski definition) is 4. The van der Waals surface area contributed by atoms with Crippen molar-refractivity contribution in [3.63, 3.8) is 0 Å². The second kappa shape index (κ2) is 8.26. The van der Waals surface area contributed by atoms with Crippen LogP contribution in [-0.2, 0) is 15.0 Å². The molecule has 0 unspecified atom stereocenters. The van der Waals surface area contributed by atoms with Crippen molar-refractivity contribution >= 4 is 17.6 Å². The Morgan fingerprint density at radius 1 is 0.903 bits per heavy atom. The monoisotopic (exact) mass is 414 g/mol. The summed E-state index contributed by atoms with van der Waals surface area (Å²) in [5, 5.41) is 11.0. The van der Waals surface area contributed by atoms with Gasteiger partial charge in [-0.2, -0.15) is 0 Å². The highest BCUT2D eigenvalue weighted by atomic mass is 16.5. The number of carbonyl (C=O) groups is 2. The summed E-state index contributed by atoms with van der Waals surface area (Å²) in [6, 6.07) is 25.5. The van der Waals surface area contributed by atoms with Crippen molar-refractivity contribution in [3.05, 3.63) is 90.0 Å². The third-order valence-electron chi connectivity index (χ3n) is 5.91. The lowest BCUT2D eigenvalue weighted by molar-refractivity contribution is -0.310. The average molecular weight is 414 g/mol. The molecule has 0 N–H and O–H groups in total. The van der Waals surface area contributed by atoms with Gasteiger partial charge in [-0.25, -0.2) is 0 Å². The van der Waals surface area contributed by atoms with Gasteiger partial charge in [0.2, 0.25) is 5.91 Å². The third kappa shape index (κ3) is 4.31. The molecule has 5 nitrogen and oxygen atoms in total. The van der Waals surface area contributed by atoms with Crippen LogP contribution in [0.3, 0.4) is 0 Å². The minimum atomic E-state index is -1.19. The molecule has 4 rings (SSSR count). The highest BCUT2D eigenvalue weighted by molar-refractivity contribution is 5.99. The summed E-state index contributed by atoms with van der Waals surface area (Å²) in [6.45, 7) is 4.53. The Labute approximate surface area is 181 Å². The van der Waals surface area contributed by atoms with Crippen molar-refractivity contribution in [1.82, 2.24) is 0 Å². The van der Waals surface area contributed by atoms with Crippen LogP contribution in [0.2, 0.25) is 0 Å². The summed E-state index contributed by atoms with van der Waals surface area (Å²) in [6.07, 6.45) is -0.0216. The van der Waals surface area contributed by atoms with Crippen molar-refractivity contribution in [1.29, 1.82) is 0 Å². The van der Waals surface area contributed by atoms with E-state index in [1.165, 1.54) is 16.0 Å². The number of amides is 1. The van der Waals surface area contributed by atoms with Crippen LogP contribution >= 0.6 is 0 Å². The van der Waals surface area contributed by atoms with E-state index in [0.717, 1.165) is 5.75 Å². The van der Waals surface area contributed by atoms with Gasteiger partial charge in [0.25, 0.3) is 0 Å². The van der Waals surface area contributed by atoms with E-state index in [-0.39, 0.29) is 24.3 Å². The van der Waals surface area contributed by atoms with Gasteiger partial charge < -0.3 is 19.5 Å². The number of carbonyl (C=O) groups excluding carboxylic acids is 2. The number of hydrogen-bond donors (Lipinski definition) is 0. The van der Waals surface area contributed by atoms with Crippen LogP contribution in [-0.4, -0.2) is 18.4 Å². The van der Waals surface area contributed by atoms with Gasteiger partial charge in [-0.05, 0) is 47.5 Å². The van der Waals surface area contributed by atoms with Crippen molar-refractivity contribution in [2.24, 2.45) is 5.92 Å². The highest BCUT2D eigenvalue weighted by Gasteiger charge is 2.31. The van der Waals surface area contributed by atoms with E-state index in [4.69, 9.17) is 4.74 Å². The minimum absolute atomic E-state index is 0.0216. The topological polar surface area (TPSA) is 69.7 Å². The normalized spacial score (nSPS) is 16.4. The fourth-order valence-electron chi connectivity index (χ4n) is 3.91. The Balaban J connectivity index is 1.44. The molecule has 0 saturated carbocycles. The van der Waals surface area contributed by atoms with E-state index in [9.17, 15) is 14.7 Å². The fraction of sp³-hybridized carbons (Fsp3) is 0.231. The van der Waals surface area contributed by atoms with Gasteiger partial charge in [-0.15, -0.1) is 0 Å². The molecule has 0 bridgehead atoms. The predicted molar refractivity (Wildman–Crippen MR) is 117 cm³/mol. The minimum Gasteiger partial charge on any atom is -0.550 e. The predicted octanol–water partition coefficient (Wildman–Crippen LogP) is 3.91. The number of anilines is 1. The number of rotatable bonds is 6. The number of ether oxygens (including phenoxy) is 1. The quantitative estimate of drug-likeness (QED) is 0.613. The number of benzene rings is 3. The third-order valence-corrected chi connectivity index (χ3v) is 5.91. The van der Waals surface area contributed by atoms with Crippen molar-refractivity contribution in [3.8, 4) is 11.5 Å². The van der Waals surface area contributed by atoms with Gasteiger partial charge in [0.05, 0.1) is 0 Å². The van der Waals surface area contributed by atoms with E-state index in [0.29, 0.717) is 11.4 Å². The molecule has 0 spiro atoms. The zero-order valence-electron chi connectivity index (χ0n) is 17.6. The SMILES string of the molecule is CC(C)(c1ccccc1)c1ccc(Oc2ccc(N3C[C@H](C(=O)[O-])CC3=O)cc2)cc1. The van der Waals surface area contributed by atoms with Crippen LogP contribution in [0.1, 0.15) is 31.4 Å². The second-order valence-electron chi connectivity index (χ2n) is 8.34. The first-order chi connectivity index (χ1) is 14.8. The molecule has 0 radical (unpaired) electrons. The zero-order chi connectivity index (χ0) is 22.0. The molecule has 1 fully saturated rings. The van der Waals surface area contributed by atoms with Gasteiger partial charge in [0, 0.05) is 36.0 Å². The number of aliphatic carboxylic acids is 1. The van der Waals surface area contributed by atoms with E-state index in [1.54, 1.807) is 24.3 Å². The van der Waals surface area contributed by atoms with Crippen molar-refractivity contribution < 1.29 is 19.4 Å². The summed E-state index contributed by atoms with van der Waals surface area (Å²) in [5.41, 5.74) is 2.97. The standard InChI is InChI=1S/C26H25NO4/c1-26(2,19-6-4-3-5-7-19)20-8-12-22(13-9-20)31-23-14-10-21(11-15-23)27-17-18(25(29)30)16-24(27)28/h3-15,18H,16-17H2,1-2H3,(H,29,30)/p-1/t18-/m1/s1. The highest BCUT2D eigenvalue weighted by Crippen LogP contribution is 2.33. The maximum Gasteiger partial charge on any atom is 0.227 e. The van der Waals surface area contributed by atoms with Gasteiger partial charge in [-0.1, -0.05) is 56.3 Å². The van der Waals surface area contributed by atoms with Gasteiger partial charge in [0.15, 0.2) is 0 Å². The average Bonchev–Trinajstić information content (AvgIpc) is 3.17. The van der Waals surface area contributed by atoms with Crippen LogP contribution in [0.5, 0.6) is 11.5 Å². The summed E-state index contributed by atoms with van der Waals surface area (Å²) in [5.74, 6) is -0.798. The molecular weight excluding hydrogens is 390 g/mol. The molecule has 5 heteroatoms. The second-order valence-corrected chi connectivity index (χ2v) is 8.34. The van der Waals surface area contributed by atoms with E-state index >= 15 is 0 Å². The summed E-state index contributed by atoms with van der Waals surface area (Å²) < 4.78 is 5.95. The first-order valence-corrected chi connectivity index (χ1v) is 10.3. The number of carboxylic acid groups (broad SMARTS) is 1. The van der Waals surface area contributed by atoms with E-state index in [1.807, 2.05) is 30.3 Å². The Morgan fingerprint density at radius 3 is 2.00 bits per heavy atom. The molecule has 3 aromatic rings. The smallest absolute Gasteiger partial charge is 0.227 e. The van der Waals surface area contributed by atoms with E-state index < -0.39 is 11.9 Å². The lowest BCUT2D eigenvalue weighted by Crippen LogP contribution is -2.33. The summed E-state index contributed by atoms with van der Waals surface area (Å²) >= 11 is 0. The van der Waals surface area contributed by atoms with Crippen LogP contribution < -0.4 is 14.7 Å². The van der Waals surface area contributed by atoms with Crippen LogP contribution in [0.25, 0.3) is 0 Å². The fourth-order valence-corrected chi connectivity index (χ4v) is 3.91. The lowest BCUT2D eigenvalue weighted by Gasteiger charge is -2.26. The Morgan fingerprint density at radius 2 is 1.45 bits per heavy atom. The molecule has 1 aliphatic rings.